The van der Waals surface area contributed by atoms with Crippen LogP contribution in [0.15, 0.2) is 36.5 Å². The van der Waals surface area contributed by atoms with Crippen molar-refractivity contribution in [1.29, 1.82) is 10.5 Å². The topological polar surface area (TPSA) is 91.7 Å². The number of carbonyl (C=O) groups is 1. The second-order valence-corrected chi connectivity index (χ2v) is 7.33. The number of ether oxygens (including phenoxy) is 1. The Morgan fingerprint density at radius 2 is 1.88 bits per heavy atom. The zero-order valence-electron chi connectivity index (χ0n) is 17.5. The number of rotatable bonds is 5. The van der Waals surface area contributed by atoms with Crippen LogP contribution >= 0.6 is 11.6 Å². The van der Waals surface area contributed by atoms with Crippen LogP contribution in [-0.4, -0.2) is 22.1 Å². The molecule has 3 aromatic rings. The van der Waals surface area contributed by atoms with Crippen molar-refractivity contribution < 1.29 is 22.7 Å². The van der Waals surface area contributed by atoms with E-state index in [0.29, 0.717) is 11.1 Å². The average molecular weight is 473 g/mol. The first-order valence-electron chi connectivity index (χ1n) is 9.64. The van der Waals surface area contributed by atoms with Gasteiger partial charge >= 0.3 is 12.1 Å². The molecule has 0 fully saturated rings. The van der Waals surface area contributed by atoms with Crippen LogP contribution in [0.25, 0.3) is 11.1 Å². The SMILES string of the molecule is CCOC(=O)c1cc(Cn2c(C)c(-c3ccc(C#N)cc3)c(C#N)c2C(F)(F)F)cnc1Cl. The summed E-state index contributed by atoms with van der Waals surface area (Å²) in [4.78, 5) is 16.0. The van der Waals surface area contributed by atoms with Gasteiger partial charge in [-0.05, 0) is 43.2 Å². The first-order valence-corrected chi connectivity index (χ1v) is 10.0. The van der Waals surface area contributed by atoms with Gasteiger partial charge in [0.2, 0.25) is 0 Å². The predicted molar refractivity (Wildman–Crippen MR) is 113 cm³/mol. The highest BCUT2D eigenvalue weighted by molar-refractivity contribution is 6.32. The summed E-state index contributed by atoms with van der Waals surface area (Å²) in [5.41, 5.74) is -0.438. The van der Waals surface area contributed by atoms with Crippen LogP contribution in [0.1, 0.15) is 45.4 Å². The van der Waals surface area contributed by atoms with Crippen LogP contribution in [0.3, 0.4) is 0 Å². The van der Waals surface area contributed by atoms with E-state index in [9.17, 15) is 23.2 Å². The quantitative estimate of drug-likeness (QED) is 0.361. The smallest absolute Gasteiger partial charge is 0.432 e. The third kappa shape index (κ3) is 4.69. The maximum absolute atomic E-state index is 14.1. The number of hydrogen-bond donors (Lipinski definition) is 0. The molecule has 0 saturated heterocycles. The molecule has 0 aliphatic heterocycles. The van der Waals surface area contributed by atoms with Crippen molar-refractivity contribution >= 4 is 17.6 Å². The Bertz CT molecular complexity index is 1300. The molecule has 33 heavy (non-hydrogen) atoms. The number of halogens is 4. The molecule has 10 heteroatoms. The maximum atomic E-state index is 14.1. The molecule has 0 atom stereocenters. The van der Waals surface area contributed by atoms with E-state index in [-0.39, 0.29) is 40.7 Å². The maximum Gasteiger partial charge on any atom is 0.432 e. The summed E-state index contributed by atoms with van der Waals surface area (Å²) in [6.45, 7) is 2.85. The summed E-state index contributed by atoms with van der Waals surface area (Å²) in [5, 5.41) is 18.5. The Morgan fingerprint density at radius 1 is 1.21 bits per heavy atom. The van der Waals surface area contributed by atoms with Gasteiger partial charge in [0.25, 0.3) is 0 Å². The van der Waals surface area contributed by atoms with Gasteiger partial charge in [-0.3, -0.25) is 0 Å². The summed E-state index contributed by atoms with van der Waals surface area (Å²) in [7, 11) is 0. The van der Waals surface area contributed by atoms with Gasteiger partial charge in [-0.2, -0.15) is 23.7 Å². The van der Waals surface area contributed by atoms with Crippen LogP contribution in [0.2, 0.25) is 5.15 Å². The molecule has 2 aromatic heterocycles. The second kappa shape index (κ2) is 9.35. The molecule has 0 aliphatic rings. The summed E-state index contributed by atoms with van der Waals surface area (Å²) in [5.74, 6) is -0.742. The lowest BCUT2D eigenvalue weighted by molar-refractivity contribution is -0.143. The Balaban J connectivity index is 2.19. The largest absolute Gasteiger partial charge is 0.462 e. The Labute approximate surface area is 192 Å². The third-order valence-corrected chi connectivity index (χ3v) is 5.24. The fourth-order valence-corrected chi connectivity index (χ4v) is 3.70. The zero-order valence-corrected chi connectivity index (χ0v) is 18.3. The molecule has 0 bridgehead atoms. The number of alkyl halides is 3. The molecule has 6 nitrogen and oxygen atoms in total. The number of carbonyl (C=O) groups excluding carboxylic acids is 1. The number of pyridine rings is 1. The summed E-state index contributed by atoms with van der Waals surface area (Å²) < 4.78 is 48.1. The van der Waals surface area contributed by atoms with E-state index in [2.05, 4.69) is 4.98 Å². The van der Waals surface area contributed by atoms with Crippen molar-refractivity contribution in [3.8, 4) is 23.3 Å². The fraction of sp³-hybridized carbons (Fsp3) is 0.217. The lowest BCUT2D eigenvalue weighted by Gasteiger charge is -2.15. The van der Waals surface area contributed by atoms with E-state index >= 15 is 0 Å². The number of aromatic nitrogens is 2. The molecule has 0 N–H and O–H groups in total. The van der Waals surface area contributed by atoms with Crippen LogP contribution < -0.4 is 0 Å². The predicted octanol–water partition coefficient (Wildman–Crippen LogP) is 5.50. The van der Waals surface area contributed by atoms with Gasteiger partial charge in [-0.15, -0.1) is 0 Å². The van der Waals surface area contributed by atoms with Gasteiger partial charge in [-0.25, -0.2) is 9.78 Å². The van der Waals surface area contributed by atoms with Gasteiger partial charge in [0.15, 0.2) is 0 Å². The number of nitrogens with zero attached hydrogens (tertiary/aromatic N) is 4. The molecule has 0 aliphatic carbocycles. The van der Waals surface area contributed by atoms with Crippen molar-refractivity contribution in [2.75, 3.05) is 6.61 Å². The molecule has 0 spiro atoms. The van der Waals surface area contributed by atoms with Gasteiger partial charge in [-0.1, -0.05) is 23.7 Å². The molecule has 0 unspecified atom stereocenters. The minimum Gasteiger partial charge on any atom is -0.462 e. The van der Waals surface area contributed by atoms with Crippen molar-refractivity contribution in [2.24, 2.45) is 0 Å². The molecule has 0 radical (unpaired) electrons. The van der Waals surface area contributed by atoms with Crippen molar-refractivity contribution in [2.45, 2.75) is 26.6 Å². The fourth-order valence-electron chi connectivity index (χ4n) is 3.52. The van der Waals surface area contributed by atoms with E-state index < -0.39 is 23.4 Å². The Hall–Kier alpha value is -3.82. The first-order chi connectivity index (χ1) is 15.6. The first kappa shape index (κ1) is 23.8. The number of nitriles is 2. The molecule has 0 saturated carbocycles. The lowest BCUT2D eigenvalue weighted by Crippen LogP contribution is -2.17. The van der Waals surface area contributed by atoms with Crippen molar-refractivity contribution in [3.63, 3.8) is 0 Å². The van der Waals surface area contributed by atoms with Gasteiger partial charge < -0.3 is 9.30 Å². The highest BCUT2D eigenvalue weighted by Gasteiger charge is 2.40. The molecular formula is C23H16ClF3N4O2. The average Bonchev–Trinajstić information content (AvgIpc) is 3.06. The number of benzene rings is 1. The van der Waals surface area contributed by atoms with Gasteiger partial charge in [0.05, 0.1) is 29.4 Å². The van der Waals surface area contributed by atoms with Crippen molar-refractivity contribution in [1.82, 2.24) is 9.55 Å². The molecule has 1 aromatic carbocycles. The number of hydrogen-bond acceptors (Lipinski definition) is 5. The van der Waals surface area contributed by atoms with Gasteiger partial charge in [0, 0.05) is 24.0 Å². The van der Waals surface area contributed by atoms with Crippen LogP contribution in [0.4, 0.5) is 13.2 Å². The molecule has 3 rings (SSSR count). The summed E-state index contributed by atoms with van der Waals surface area (Å²) in [6.07, 6.45) is -3.57. The minimum atomic E-state index is -4.83. The van der Waals surface area contributed by atoms with Crippen LogP contribution in [-0.2, 0) is 17.5 Å². The van der Waals surface area contributed by atoms with Crippen molar-refractivity contribution in [3.05, 3.63) is 75.3 Å². The summed E-state index contributed by atoms with van der Waals surface area (Å²) >= 11 is 5.96. The van der Waals surface area contributed by atoms with E-state index in [1.165, 1.54) is 43.5 Å². The van der Waals surface area contributed by atoms with E-state index in [1.54, 1.807) is 13.0 Å². The Morgan fingerprint density at radius 3 is 2.42 bits per heavy atom. The van der Waals surface area contributed by atoms with E-state index in [0.717, 1.165) is 4.57 Å². The number of esters is 1. The third-order valence-electron chi connectivity index (χ3n) is 4.94. The highest BCUT2D eigenvalue weighted by Crippen LogP contribution is 2.41. The normalized spacial score (nSPS) is 11.0. The minimum absolute atomic E-state index is 0.0674. The molecular weight excluding hydrogens is 457 g/mol. The molecule has 2 heterocycles. The second-order valence-electron chi connectivity index (χ2n) is 6.97. The Kier molecular flexibility index (Phi) is 6.75. The highest BCUT2D eigenvalue weighted by atomic mass is 35.5. The van der Waals surface area contributed by atoms with Crippen LogP contribution in [0.5, 0.6) is 0 Å². The molecule has 0 amide bonds. The lowest BCUT2D eigenvalue weighted by atomic mass is 10.00. The van der Waals surface area contributed by atoms with Gasteiger partial charge in [0.1, 0.15) is 16.9 Å². The van der Waals surface area contributed by atoms with Crippen LogP contribution in [0, 0.1) is 29.6 Å². The molecule has 168 valence electrons. The monoisotopic (exact) mass is 472 g/mol. The van der Waals surface area contributed by atoms with E-state index in [4.69, 9.17) is 21.6 Å². The van der Waals surface area contributed by atoms with E-state index in [1.807, 2.05) is 6.07 Å². The standard InChI is InChI=1S/C23H16ClF3N4O2/c1-3-33-22(32)17-8-15(11-30-21(17)24)12-31-13(2)19(16-6-4-14(9-28)5-7-16)18(10-29)20(31)23(25,26)27/h4-8,11H,3,12H2,1-2H3. The summed E-state index contributed by atoms with van der Waals surface area (Å²) in [6, 6.07) is 10.9. The zero-order chi connectivity index (χ0) is 24.3.